The molecule has 0 aliphatic carbocycles. The highest BCUT2D eigenvalue weighted by atomic mass is 16.5. The summed E-state index contributed by atoms with van der Waals surface area (Å²) in [4.78, 5) is 7.10. The first-order valence-corrected chi connectivity index (χ1v) is 9.45. The molecule has 2 saturated heterocycles. The molecule has 7 nitrogen and oxygen atoms in total. The third-order valence-electron chi connectivity index (χ3n) is 5.62. The zero-order valence-electron chi connectivity index (χ0n) is 15.9. The Labute approximate surface area is 159 Å². The van der Waals surface area contributed by atoms with E-state index in [9.17, 15) is 5.11 Å². The number of methoxy groups -OCH3 is 2. The Kier molecular flexibility index (Phi) is 5.33. The number of fused-ring (bicyclic) bond motifs is 1. The van der Waals surface area contributed by atoms with Crippen LogP contribution in [0.1, 0.15) is 18.9 Å². The molecule has 1 aromatic heterocycles. The fourth-order valence-corrected chi connectivity index (χ4v) is 4.24. The molecule has 146 valence electrons. The van der Waals surface area contributed by atoms with Gasteiger partial charge in [-0.15, -0.1) is 0 Å². The summed E-state index contributed by atoms with van der Waals surface area (Å²) in [7, 11) is 3.28. The summed E-state index contributed by atoms with van der Waals surface area (Å²) in [5.74, 6) is 2.35. The second-order valence-electron chi connectivity index (χ2n) is 7.19. The number of nitrogens with zero attached hydrogens (tertiary/aromatic N) is 3. The lowest BCUT2D eigenvalue weighted by Crippen LogP contribution is -2.46. The van der Waals surface area contributed by atoms with Crippen molar-refractivity contribution in [3.05, 3.63) is 30.6 Å². The monoisotopic (exact) mass is 373 g/mol. The molecular weight excluding hydrogens is 346 g/mol. The topological polar surface area (TPSA) is 69.0 Å². The molecule has 3 atom stereocenters. The van der Waals surface area contributed by atoms with Crippen molar-refractivity contribution >= 4 is 0 Å². The van der Waals surface area contributed by atoms with Gasteiger partial charge < -0.3 is 23.9 Å². The predicted molar refractivity (Wildman–Crippen MR) is 101 cm³/mol. The summed E-state index contributed by atoms with van der Waals surface area (Å²) in [5, 5.41) is 9.17. The number of hydrogen-bond acceptors (Lipinski definition) is 6. The molecule has 7 heteroatoms. The molecular formula is C20H27N3O4. The Morgan fingerprint density at radius 2 is 2.04 bits per heavy atom. The van der Waals surface area contributed by atoms with Gasteiger partial charge in [0.15, 0.2) is 11.5 Å². The number of benzene rings is 1. The van der Waals surface area contributed by atoms with Crippen molar-refractivity contribution in [2.75, 3.05) is 40.5 Å². The highest BCUT2D eigenvalue weighted by Gasteiger charge is 2.38. The molecule has 0 unspecified atom stereocenters. The van der Waals surface area contributed by atoms with Crippen LogP contribution >= 0.6 is 0 Å². The van der Waals surface area contributed by atoms with Crippen molar-refractivity contribution in [2.45, 2.75) is 31.0 Å². The Bertz CT molecular complexity index is 778. The van der Waals surface area contributed by atoms with Gasteiger partial charge in [-0.3, -0.25) is 4.90 Å². The van der Waals surface area contributed by atoms with E-state index in [1.807, 2.05) is 24.4 Å². The third-order valence-corrected chi connectivity index (χ3v) is 5.62. The van der Waals surface area contributed by atoms with Gasteiger partial charge in [0.05, 0.1) is 26.9 Å². The zero-order chi connectivity index (χ0) is 18.8. The van der Waals surface area contributed by atoms with E-state index >= 15 is 0 Å². The third kappa shape index (κ3) is 3.54. The lowest BCUT2D eigenvalue weighted by Gasteiger charge is -2.34. The van der Waals surface area contributed by atoms with Gasteiger partial charge in [-0.25, -0.2) is 4.98 Å². The minimum Gasteiger partial charge on any atom is -0.493 e. The molecule has 2 aliphatic heterocycles. The quantitative estimate of drug-likeness (QED) is 0.835. The van der Waals surface area contributed by atoms with Crippen LogP contribution in [0.4, 0.5) is 0 Å². The number of ether oxygens (including phenoxy) is 3. The van der Waals surface area contributed by atoms with Crippen molar-refractivity contribution < 1.29 is 19.3 Å². The standard InChI is InChI=1S/C20H27N3O4/c1-25-18-4-3-14(9-19(18)26-2)20-21-6-7-23(20)15-10-16-13-27-17(5-8-24)12-22(16)11-15/h3-4,6-7,9,15-17,24H,5,8,10-13H2,1-2H3/t15-,16-,17-/m0/s1. The van der Waals surface area contributed by atoms with Crippen LogP contribution in [-0.4, -0.2) is 72.2 Å². The van der Waals surface area contributed by atoms with Gasteiger partial charge in [-0.2, -0.15) is 0 Å². The number of aliphatic hydroxyl groups is 1. The van der Waals surface area contributed by atoms with Crippen LogP contribution in [0.2, 0.25) is 0 Å². The maximum Gasteiger partial charge on any atom is 0.161 e. The number of aromatic nitrogens is 2. The van der Waals surface area contributed by atoms with Gasteiger partial charge in [-0.1, -0.05) is 0 Å². The van der Waals surface area contributed by atoms with Crippen LogP contribution in [0.3, 0.4) is 0 Å². The highest BCUT2D eigenvalue weighted by Crippen LogP contribution is 2.36. The number of rotatable bonds is 6. The van der Waals surface area contributed by atoms with Crippen LogP contribution in [0, 0.1) is 0 Å². The number of imidazole rings is 1. The molecule has 1 aromatic carbocycles. The summed E-state index contributed by atoms with van der Waals surface area (Å²) in [6.45, 7) is 2.79. The first-order valence-electron chi connectivity index (χ1n) is 9.45. The Balaban J connectivity index is 1.55. The minimum atomic E-state index is 0.137. The molecule has 0 radical (unpaired) electrons. The van der Waals surface area contributed by atoms with E-state index in [0.717, 1.165) is 37.5 Å². The maximum atomic E-state index is 9.17. The van der Waals surface area contributed by atoms with Crippen LogP contribution in [0.15, 0.2) is 30.6 Å². The average molecular weight is 373 g/mol. The average Bonchev–Trinajstić information content (AvgIpc) is 3.34. The van der Waals surface area contributed by atoms with Gasteiger partial charge >= 0.3 is 0 Å². The van der Waals surface area contributed by atoms with Crippen molar-refractivity contribution in [1.29, 1.82) is 0 Å². The lowest BCUT2D eigenvalue weighted by molar-refractivity contribution is -0.0567. The summed E-state index contributed by atoms with van der Waals surface area (Å²) in [5.41, 5.74) is 1.01. The highest BCUT2D eigenvalue weighted by molar-refractivity contribution is 5.61. The molecule has 3 heterocycles. The predicted octanol–water partition coefficient (Wildman–Crippen LogP) is 1.96. The summed E-state index contributed by atoms with van der Waals surface area (Å²) >= 11 is 0. The van der Waals surface area contributed by atoms with E-state index in [0.29, 0.717) is 30.0 Å². The summed E-state index contributed by atoms with van der Waals surface area (Å²) < 4.78 is 19.0. The van der Waals surface area contributed by atoms with Gasteiger partial charge in [0.2, 0.25) is 0 Å². The van der Waals surface area contributed by atoms with Crippen LogP contribution in [0.25, 0.3) is 11.4 Å². The van der Waals surface area contributed by atoms with E-state index in [1.54, 1.807) is 14.2 Å². The van der Waals surface area contributed by atoms with E-state index in [-0.39, 0.29) is 12.7 Å². The second kappa shape index (κ2) is 7.88. The van der Waals surface area contributed by atoms with E-state index in [1.165, 1.54) is 0 Å². The Hall–Kier alpha value is -2.09. The van der Waals surface area contributed by atoms with Gasteiger partial charge in [0.1, 0.15) is 5.82 Å². The molecule has 0 spiro atoms. The summed E-state index contributed by atoms with van der Waals surface area (Å²) in [6.07, 6.45) is 5.80. The lowest BCUT2D eigenvalue weighted by atomic mass is 10.1. The molecule has 27 heavy (non-hydrogen) atoms. The Morgan fingerprint density at radius 1 is 1.19 bits per heavy atom. The smallest absolute Gasteiger partial charge is 0.161 e. The molecule has 0 bridgehead atoms. The molecule has 4 rings (SSSR count). The first kappa shape index (κ1) is 18.3. The Morgan fingerprint density at radius 3 is 2.81 bits per heavy atom. The fraction of sp³-hybridized carbons (Fsp3) is 0.550. The SMILES string of the molecule is COc1ccc(-c2nccn2[C@H]2C[C@H]3CO[C@@H](CCO)CN3C2)cc1OC. The van der Waals surface area contributed by atoms with Crippen molar-refractivity contribution in [1.82, 2.24) is 14.5 Å². The largest absolute Gasteiger partial charge is 0.493 e. The van der Waals surface area contributed by atoms with E-state index < -0.39 is 0 Å². The van der Waals surface area contributed by atoms with Crippen LogP contribution in [-0.2, 0) is 4.74 Å². The minimum absolute atomic E-state index is 0.137. The van der Waals surface area contributed by atoms with Crippen molar-refractivity contribution in [2.24, 2.45) is 0 Å². The molecule has 1 N–H and O–H groups in total. The molecule has 0 amide bonds. The zero-order valence-corrected chi connectivity index (χ0v) is 15.9. The molecule has 2 aromatic rings. The maximum absolute atomic E-state index is 9.17. The van der Waals surface area contributed by atoms with Gasteiger partial charge in [0.25, 0.3) is 0 Å². The van der Waals surface area contributed by atoms with Crippen molar-refractivity contribution in [3.8, 4) is 22.9 Å². The number of morpholine rings is 1. The molecule has 2 aliphatic rings. The normalized spacial score (nSPS) is 25.4. The first-order chi connectivity index (χ1) is 13.2. The van der Waals surface area contributed by atoms with Crippen LogP contribution < -0.4 is 9.47 Å². The molecule has 2 fully saturated rings. The van der Waals surface area contributed by atoms with E-state index in [2.05, 4.69) is 20.6 Å². The molecule has 0 saturated carbocycles. The number of aliphatic hydroxyl groups excluding tert-OH is 1. The van der Waals surface area contributed by atoms with Gasteiger partial charge in [0, 0.05) is 49.7 Å². The van der Waals surface area contributed by atoms with E-state index in [4.69, 9.17) is 14.2 Å². The van der Waals surface area contributed by atoms with Gasteiger partial charge in [-0.05, 0) is 31.0 Å². The summed E-state index contributed by atoms with van der Waals surface area (Å²) in [6, 6.07) is 6.70. The van der Waals surface area contributed by atoms with Crippen molar-refractivity contribution in [3.63, 3.8) is 0 Å². The fourth-order valence-electron chi connectivity index (χ4n) is 4.24. The van der Waals surface area contributed by atoms with Crippen LogP contribution in [0.5, 0.6) is 11.5 Å². The number of hydrogen-bond donors (Lipinski definition) is 1. The second-order valence-corrected chi connectivity index (χ2v) is 7.19.